The first-order chi connectivity index (χ1) is 17.5. The maximum Gasteiger partial charge on any atom is 0.230 e. The number of hydrogen-bond acceptors (Lipinski definition) is 5. The van der Waals surface area contributed by atoms with E-state index in [-0.39, 0.29) is 10.9 Å². The van der Waals surface area contributed by atoms with Crippen molar-refractivity contribution in [2.45, 2.75) is 108 Å². The Morgan fingerprint density at radius 1 is 0.892 bits per heavy atom. The molecule has 0 amide bonds. The van der Waals surface area contributed by atoms with Gasteiger partial charge in [0, 0.05) is 12.0 Å². The van der Waals surface area contributed by atoms with Crippen LogP contribution in [0.2, 0.25) is 18.1 Å². The van der Waals surface area contributed by atoms with Gasteiger partial charge in [0.1, 0.15) is 5.82 Å². The van der Waals surface area contributed by atoms with Crippen LogP contribution < -0.4 is 0 Å². The lowest BCUT2D eigenvalue weighted by Crippen LogP contribution is -2.59. The zero-order valence-corrected chi connectivity index (χ0v) is 23.8. The van der Waals surface area contributed by atoms with E-state index in [1.165, 1.54) is 18.6 Å². The third-order valence-electron chi connectivity index (χ3n) is 9.03. The van der Waals surface area contributed by atoms with Crippen LogP contribution in [0.15, 0.2) is 48.5 Å². The molecule has 0 aromatic heterocycles. The average molecular weight is 529 g/mol. The molecule has 4 aliphatic rings. The number of benzene rings is 2. The molecule has 4 atom stereocenters. The van der Waals surface area contributed by atoms with Crippen LogP contribution in [-0.2, 0) is 42.7 Å². The van der Waals surface area contributed by atoms with Gasteiger partial charge < -0.3 is 13.9 Å². The summed E-state index contributed by atoms with van der Waals surface area (Å²) in [5, 5.41) is 0.187. The van der Waals surface area contributed by atoms with Gasteiger partial charge in [0.25, 0.3) is 0 Å². The summed E-state index contributed by atoms with van der Waals surface area (Å²) in [5.41, 5.74) is 2.37. The van der Waals surface area contributed by atoms with Gasteiger partial charge >= 0.3 is 0 Å². The van der Waals surface area contributed by atoms with Crippen molar-refractivity contribution in [1.29, 1.82) is 0 Å². The summed E-state index contributed by atoms with van der Waals surface area (Å²) in [7, 11) is -1.80. The van der Waals surface area contributed by atoms with Gasteiger partial charge in [-0.1, -0.05) is 70.0 Å². The molecule has 5 nitrogen and oxygen atoms in total. The monoisotopic (exact) mass is 528 g/mol. The van der Waals surface area contributed by atoms with Gasteiger partial charge in [0.05, 0.1) is 13.2 Å². The summed E-state index contributed by atoms with van der Waals surface area (Å²) in [4.78, 5) is 12.3. The summed E-state index contributed by atoms with van der Waals surface area (Å²) in [5.74, 6) is -1.08. The molecule has 1 unspecified atom stereocenters. The molecule has 3 saturated heterocycles. The topological polar surface area (TPSA) is 46.2 Å². The Bertz CT molecular complexity index is 1060. The van der Waals surface area contributed by atoms with Gasteiger partial charge in [0.2, 0.25) is 5.79 Å². The highest BCUT2D eigenvalue weighted by Gasteiger charge is 2.62. The van der Waals surface area contributed by atoms with Crippen molar-refractivity contribution in [3.05, 3.63) is 71.0 Å². The highest BCUT2D eigenvalue weighted by Crippen LogP contribution is 2.55. The van der Waals surface area contributed by atoms with Crippen LogP contribution in [-0.4, -0.2) is 20.2 Å². The Labute approximate surface area is 221 Å². The van der Waals surface area contributed by atoms with Crippen molar-refractivity contribution in [3.8, 4) is 0 Å². The molecular weight excluding hydrogens is 487 g/mol. The van der Waals surface area contributed by atoms with Gasteiger partial charge in [-0.3, -0.25) is 0 Å². The predicted molar refractivity (Wildman–Crippen MR) is 142 cm³/mol. The molecule has 0 radical (unpaired) electrons. The zero-order chi connectivity index (χ0) is 26.3. The molecule has 2 aromatic carbocycles. The predicted octanol–water partition coefficient (Wildman–Crippen LogP) is 7.74. The van der Waals surface area contributed by atoms with Gasteiger partial charge in [-0.05, 0) is 66.6 Å². The summed E-state index contributed by atoms with van der Waals surface area (Å²) >= 11 is 0. The van der Waals surface area contributed by atoms with E-state index in [2.05, 4.69) is 58.1 Å². The van der Waals surface area contributed by atoms with Crippen molar-refractivity contribution >= 4 is 8.32 Å². The first kappa shape index (κ1) is 27.0. The molecular formula is C30H41FO5Si. The first-order valence-electron chi connectivity index (χ1n) is 13.7. The van der Waals surface area contributed by atoms with Gasteiger partial charge in [-0.15, -0.1) is 0 Å². The van der Waals surface area contributed by atoms with Crippen molar-refractivity contribution < 1.29 is 28.1 Å². The maximum absolute atomic E-state index is 13.6. The van der Waals surface area contributed by atoms with Crippen LogP contribution in [0.4, 0.5) is 4.39 Å². The summed E-state index contributed by atoms with van der Waals surface area (Å²) in [6.07, 6.45) is 5.12. The SMILES string of the molecule is CC(C)(C)[Si](C)(C)OCc1ccc(COC2O[C@@]3(c4ccc(F)cc4)CC[C@H]4CCCC[C@@]24OO3)cc1. The molecule has 37 heavy (non-hydrogen) atoms. The van der Waals surface area contributed by atoms with E-state index < -0.39 is 26.0 Å². The quantitative estimate of drug-likeness (QED) is 0.272. The normalized spacial score (nSPS) is 30.1. The average Bonchev–Trinajstić information content (AvgIpc) is 3.13. The highest BCUT2D eigenvalue weighted by atomic mass is 28.4. The molecule has 2 aromatic rings. The van der Waals surface area contributed by atoms with Crippen LogP contribution in [0, 0.1) is 11.7 Å². The molecule has 1 saturated carbocycles. The first-order valence-corrected chi connectivity index (χ1v) is 16.6. The third-order valence-corrected chi connectivity index (χ3v) is 13.5. The minimum atomic E-state index is -1.80. The summed E-state index contributed by atoms with van der Waals surface area (Å²) < 4.78 is 33.1. The van der Waals surface area contributed by atoms with E-state index in [1.54, 1.807) is 12.1 Å². The van der Waals surface area contributed by atoms with E-state index in [4.69, 9.17) is 23.7 Å². The van der Waals surface area contributed by atoms with Crippen LogP contribution in [0.3, 0.4) is 0 Å². The fourth-order valence-corrected chi connectivity index (χ4v) is 6.47. The van der Waals surface area contributed by atoms with E-state index in [0.717, 1.165) is 42.4 Å². The molecule has 1 spiro atoms. The maximum atomic E-state index is 13.6. The molecule has 2 bridgehead atoms. The van der Waals surface area contributed by atoms with Gasteiger partial charge in [-0.25, -0.2) is 9.28 Å². The molecule has 0 N–H and O–H groups in total. The molecule has 3 heterocycles. The molecule has 202 valence electrons. The second-order valence-electron chi connectivity index (χ2n) is 12.5. The van der Waals surface area contributed by atoms with Crippen LogP contribution in [0.1, 0.15) is 76.0 Å². The molecule has 3 aliphatic heterocycles. The van der Waals surface area contributed by atoms with Crippen LogP contribution in [0.5, 0.6) is 0 Å². The highest BCUT2D eigenvalue weighted by molar-refractivity contribution is 6.74. The van der Waals surface area contributed by atoms with E-state index in [1.807, 2.05) is 0 Å². The molecule has 4 fully saturated rings. The lowest BCUT2D eigenvalue weighted by atomic mass is 9.73. The standard InChI is InChI=1S/C30H41FO5Si/c1-28(2,3)37(4,5)33-21-23-11-9-22(10-12-23)20-32-27-29-18-7-6-8-24(29)17-19-30(34-27,36-35-29)25-13-15-26(31)16-14-25/h9-16,24,27H,6-8,17-21H2,1-5H3/t24-,27?,29+,30+/m1/s1. The van der Waals surface area contributed by atoms with Crippen molar-refractivity contribution in [1.82, 2.24) is 0 Å². The Morgan fingerprint density at radius 2 is 1.57 bits per heavy atom. The molecule has 7 heteroatoms. The van der Waals surface area contributed by atoms with Crippen molar-refractivity contribution in [3.63, 3.8) is 0 Å². The fraction of sp³-hybridized carbons (Fsp3) is 0.600. The fourth-order valence-electron chi connectivity index (χ4n) is 5.51. The van der Waals surface area contributed by atoms with E-state index >= 15 is 0 Å². The summed E-state index contributed by atoms with van der Waals surface area (Å²) in [6, 6.07) is 14.7. The largest absolute Gasteiger partial charge is 0.413 e. The minimum absolute atomic E-state index is 0.187. The smallest absolute Gasteiger partial charge is 0.230 e. The Balaban J connectivity index is 1.30. The van der Waals surface area contributed by atoms with E-state index in [9.17, 15) is 4.39 Å². The van der Waals surface area contributed by atoms with Gasteiger partial charge in [0.15, 0.2) is 20.2 Å². The zero-order valence-electron chi connectivity index (χ0n) is 22.8. The van der Waals surface area contributed by atoms with Gasteiger partial charge in [-0.2, -0.15) is 4.89 Å². The van der Waals surface area contributed by atoms with Crippen molar-refractivity contribution in [2.75, 3.05) is 0 Å². The number of hydrogen-bond donors (Lipinski definition) is 0. The number of ether oxygens (including phenoxy) is 2. The Morgan fingerprint density at radius 3 is 2.24 bits per heavy atom. The minimum Gasteiger partial charge on any atom is -0.413 e. The van der Waals surface area contributed by atoms with Crippen LogP contribution in [0.25, 0.3) is 0 Å². The number of fused-ring (bicyclic) bond motifs is 3. The lowest BCUT2D eigenvalue weighted by Gasteiger charge is -2.50. The number of rotatable bonds is 7. The van der Waals surface area contributed by atoms with Crippen LogP contribution >= 0.6 is 0 Å². The van der Waals surface area contributed by atoms with E-state index in [0.29, 0.717) is 25.6 Å². The second-order valence-corrected chi connectivity index (χ2v) is 17.3. The summed E-state index contributed by atoms with van der Waals surface area (Å²) in [6.45, 7) is 12.4. The Hall–Kier alpha value is -1.61. The molecule has 1 aliphatic carbocycles. The Kier molecular flexibility index (Phi) is 7.42. The third kappa shape index (κ3) is 5.31. The molecule has 6 rings (SSSR count). The van der Waals surface area contributed by atoms with Crippen molar-refractivity contribution in [2.24, 2.45) is 5.92 Å². The lowest BCUT2D eigenvalue weighted by molar-refractivity contribution is -0.561. The number of halogens is 1. The second kappa shape index (κ2) is 10.2.